The number of nitrogens with zero attached hydrogens (tertiary/aromatic N) is 4. The summed E-state index contributed by atoms with van der Waals surface area (Å²) in [6, 6.07) is 11.3. The van der Waals surface area contributed by atoms with Crippen molar-refractivity contribution in [1.82, 2.24) is 24.9 Å². The fraction of sp³-hybridized carbons (Fsp3) is 0.143. The van der Waals surface area contributed by atoms with Gasteiger partial charge in [0.1, 0.15) is 16.2 Å². The van der Waals surface area contributed by atoms with Crippen molar-refractivity contribution in [3.8, 4) is 0 Å². The number of aryl methyl sites for hydroxylation is 1. The Morgan fingerprint density at radius 2 is 2.10 bits per heavy atom. The Balaban J connectivity index is 1.38. The zero-order valence-electron chi connectivity index (χ0n) is 16.3. The first-order valence-electron chi connectivity index (χ1n) is 9.41. The molecule has 156 valence electrons. The normalized spacial score (nSPS) is 11.4. The van der Waals surface area contributed by atoms with Crippen molar-refractivity contribution >= 4 is 57.2 Å². The molecule has 0 fully saturated rings. The van der Waals surface area contributed by atoms with Crippen LogP contribution in [-0.4, -0.2) is 25.5 Å². The maximum absolute atomic E-state index is 13.0. The summed E-state index contributed by atoms with van der Waals surface area (Å²) in [4.78, 5) is 17.5. The summed E-state index contributed by atoms with van der Waals surface area (Å²) in [5.41, 5.74) is 3.01. The van der Waals surface area contributed by atoms with Gasteiger partial charge in [0.2, 0.25) is 0 Å². The Hall–Kier alpha value is -2.88. The third kappa shape index (κ3) is 4.16. The molecule has 0 radical (unpaired) electrons. The number of pyridine rings is 1. The van der Waals surface area contributed by atoms with Crippen LogP contribution >= 0.6 is 34.7 Å². The number of aromatic nitrogens is 4. The number of fused-ring (bicyclic) bond motifs is 2. The third-order valence-corrected chi connectivity index (χ3v) is 6.87. The average Bonchev–Trinajstić information content (AvgIpc) is 3.46. The van der Waals surface area contributed by atoms with E-state index in [1.54, 1.807) is 24.0 Å². The number of benzene rings is 1. The monoisotopic (exact) mass is 469 g/mol. The van der Waals surface area contributed by atoms with Gasteiger partial charge >= 0.3 is 0 Å². The molecule has 0 spiro atoms. The van der Waals surface area contributed by atoms with Gasteiger partial charge < -0.3 is 14.1 Å². The molecule has 0 unspecified atom stereocenters. The highest BCUT2D eigenvalue weighted by Gasteiger charge is 2.21. The lowest BCUT2D eigenvalue weighted by atomic mass is 10.1. The number of nitrogens with one attached hydrogen (secondary N) is 1. The van der Waals surface area contributed by atoms with Gasteiger partial charge in [-0.15, -0.1) is 10.2 Å². The summed E-state index contributed by atoms with van der Waals surface area (Å²) in [7, 11) is 0. The van der Waals surface area contributed by atoms with Crippen LogP contribution < -0.4 is 5.32 Å². The first-order chi connectivity index (χ1) is 15.1. The molecule has 0 atom stereocenters. The predicted molar refractivity (Wildman–Crippen MR) is 122 cm³/mol. The fourth-order valence-electron chi connectivity index (χ4n) is 3.25. The standard InChI is InChI=1S/C21H16ClN5O2S2/c1-12-25-26-21(31-12)30-11-16-15-4-2-3-5-17(15)29-19(16)20(28)23-8-14-10-27-9-13(22)6-7-18(27)24-14/h2-7,9-10H,8,11H2,1H3,(H,23,28). The highest BCUT2D eigenvalue weighted by Crippen LogP contribution is 2.33. The highest BCUT2D eigenvalue weighted by atomic mass is 35.5. The van der Waals surface area contributed by atoms with Crippen LogP contribution in [0.3, 0.4) is 0 Å². The molecule has 0 bridgehead atoms. The second-order valence-corrected chi connectivity index (χ2v) is 9.65. The van der Waals surface area contributed by atoms with Crippen LogP contribution in [-0.2, 0) is 12.3 Å². The molecular formula is C21H16ClN5O2S2. The molecule has 1 N–H and O–H groups in total. The number of rotatable bonds is 6. The highest BCUT2D eigenvalue weighted by molar-refractivity contribution is 8.00. The van der Waals surface area contributed by atoms with Crippen LogP contribution in [0.1, 0.15) is 26.8 Å². The Morgan fingerprint density at radius 1 is 1.23 bits per heavy atom. The largest absolute Gasteiger partial charge is 0.451 e. The van der Waals surface area contributed by atoms with Crippen molar-refractivity contribution in [2.45, 2.75) is 23.6 Å². The van der Waals surface area contributed by atoms with E-state index in [2.05, 4.69) is 20.5 Å². The van der Waals surface area contributed by atoms with Crippen molar-refractivity contribution in [2.75, 3.05) is 0 Å². The first kappa shape index (κ1) is 20.0. The third-order valence-electron chi connectivity index (χ3n) is 4.65. The number of amides is 1. The number of thioether (sulfide) groups is 1. The van der Waals surface area contributed by atoms with Gasteiger partial charge in [-0.3, -0.25) is 4.79 Å². The zero-order valence-corrected chi connectivity index (χ0v) is 18.7. The van der Waals surface area contributed by atoms with Crippen LogP contribution in [0.5, 0.6) is 0 Å². The lowest BCUT2D eigenvalue weighted by molar-refractivity contribution is 0.0924. The van der Waals surface area contributed by atoms with Gasteiger partial charge in [-0.2, -0.15) is 0 Å². The maximum Gasteiger partial charge on any atom is 0.287 e. The zero-order chi connectivity index (χ0) is 21.4. The smallest absolute Gasteiger partial charge is 0.287 e. The van der Waals surface area contributed by atoms with E-state index >= 15 is 0 Å². The maximum atomic E-state index is 13.0. The molecule has 0 saturated carbocycles. The van der Waals surface area contributed by atoms with Crippen molar-refractivity contribution in [3.63, 3.8) is 0 Å². The summed E-state index contributed by atoms with van der Waals surface area (Å²) < 4.78 is 8.61. The van der Waals surface area contributed by atoms with Gasteiger partial charge in [0.25, 0.3) is 5.91 Å². The number of carbonyl (C=O) groups excluding carboxylic acids is 1. The van der Waals surface area contributed by atoms with Crippen molar-refractivity contribution in [1.29, 1.82) is 0 Å². The summed E-state index contributed by atoms with van der Waals surface area (Å²) in [5.74, 6) is 0.582. The average molecular weight is 470 g/mol. The predicted octanol–water partition coefficient (Wildman–Crippen LogP) is 5.12. The van der Waals surface area contributed by atoms with Crippen LogP contribution in [0.4, 0.5) is 0 Å². The van der Waals surface area contributed by atoms with Gasteiger partial charge in [0, 0.05) is 29.1 Å². The van der Waals surface area contributed by atoms with Crippen molar-refractivity contribution in [2.24, 2.45) is 0 Å². The molecular weight excluding hydrogens is 454 g/mol. The minimum atomic E-state index is -0.282. The summed E-state index contributed by atoms with van der Waals surface area (Å²) in [6.45, 7) is 2.19. The van der Waals surface area contributed by atoms with Crippen LogP contribution in [0.2, 0.25) is 5.02 Å². The van der Waals surface area contributed by atoms with Gasteiger partial charge in [0.05, 0.1) is 17.3 Å². The number of para-hydroxylation sites is 1. The van der Waals surface area contributed by atoms with E-state index in [9.17, 15) is 4.79 Å². The van der Waals surface area contributed by atoms with Crippen LogP contribution in [0.15, 0.2) is 57.5 Å². The van der Waals surface area contributed by atoms with Crippen molar-refractivity contribution in [3.05, 3.63) is 75.8 Å². The van der Waals surface area contributed by atoms with Gasteiger partial charge in [0.15, 0.2) is 10.1 Å². The Bertz CT molecular complexity index is 1410. The first-order valence-corrected chi connectivity index (χ1v) is 11.6. The summed E-state index contributed by atoms with van der Waals surface area (Å²) in [5, 5.41) is 13.6. The second-order valence-electron chi connectivity index (χ2n) is 6.81. The number of halogens is 1. The Morgan fingerprint density at radius 3 is 2.94 bits per heavy atom. The lowest BCUT2D eigenvalue weighted by Gasteiger charge is -2.03. The van der Waals surface area contributed by atoms with E-state index < -0.39 is 0 Å². The molecule has 31 heavy (non-hydrogen) atoms. The second kappa shape index (κ2) is 8.33. The van der Waals surface area contributed by atoms with Crippen LogP contribution in [0, 0.1) is 6.92 Å². The van der Waals surface area contributed by atoms with E-state index in [0.29, 0.717) is 22.1 Å². The van der Waals surface area contributed by atoms with E-state index in [-0.39, 0.29) is 12.5 Å². The molecule has 4 heterocycles. The van der Waals surface area contributed by atoms with Crippen LogP contribution in [0.25, 0.3) is 16.6 Å². The molecule has 0 saturated heterocycles. The molecule has 7 nitrogen and oxygen atoms in total. The molecule has 4 aromatic heterocycles. The molecule has 5 aromatic rings. The van der Waals surface area contributed by atoms with Gasteiger partial charge in [-0.25, -0.2) is 4.98 Å². The molecule has 5 rings (SSSR count). The van der Waals surface area contributed by atoms with Gasteiger partial charge in [-0.05, 0) is 25.1 Å². The number of imidazole rings is 1. The SMILES string of the molecule is Cc1nnc(SCc2c(C(=O)NCc3cn4cc(Cl)ccc4n3)oc3ccccc23)s1. The van der Waals surface area contributed by atoms with Crippen molar-refractivity contribution < 1.29 is 9.21 Å². The minimum absolute atomic E-state index is 0.275. The molecule has 0 aliphatic heterocycles. The topological polar surface area (TPSA) is 85.3 Å². The van der Waals surface area contributed by atoms with E-state index in [1.807, 2.05) is 47.9 Å². The number of furan rings is 1. The Labute approximate surface area is 190 Å². The minimum Gasteiger partial charge on any atom is -0.451 e. The lowest BCUT2D eigenvalue weighted by Crippen LogP contribution is -2.23. The number of hydrogen-bond donors (Lipinski definition) is 1. The molecule has 1 amide bonds. The van der Waals surface area contributed by atoms with Gasteiger partial charge in [-0.1, -0.05) is 52.9 Å². The number of hydrogen-bond acceptors (Lipinski definition) is 7. The number of carbonyl (C=O) groups is 1. The summed E-state index contributed by atoms with van der Waals surface area (Å²) >= 11 is 9.10. The van der Waals surface area contributed by atoms with E-state index in [1.165, 1.54) is 11.3 Å². The van der Waals surface area contributed by atoms with E-state index in [0.717, 1.165) is 31.6 Å². The fourth-order valence-corrected chi connectivity index (χ4v) is 5.26. The molecule has 1 aromatic carbocycles. The molecule has 10 heteroatoms. The summed E-state index contributed by atoms with van der Waals surface area (Å²) in [6.07, 6.45) is 3.62. The van der Waals surface area contributed by atoms with E-state index in [4.69, 9.17) is 16.0 Å². The quantitative estimate of drug-likeness (QED) is 0.347. The molecule has 0 aliphatic rings. The molecule has 0 aliphatic carbocycles. The Kier molecular flexibility index (Phi) is 5.39.